The van der Waals surface area contributed by atoms with Crippen molar-refractivity contribution in [1.82, 2.24) is 9.58 Å². The van der Waals surface area contributed by atoms with Crippen LogP contribution in [0.15, 0.2) is 53.5 Å². The summed E-state index contributed by atoms with van der Waals surface area (Å²) in [7, 11) is 0. The van der Waals surface area contributed by atoms with Crippen molar-refractivity contribution in [3.63, 3.8) is 0 Å². The molecule has 2 aliphatic rings. The van der Waals surface area contributed by atoms with E-state index >= 15 is 0 Å². The van der Waals surface area contributed by atoms with Crippen LogP contribution in [-0.4, -0.2) is 33.3 Å². The van der Waals surface area contributed by atoms with Crippen molar-refractivity contribution in [3.05, 3.63) is 98.5 Å². The van der Waals surface area contributed by atoms with Crippen LogP contribution in [-0.2, 0) is 12.8 Å². The zero-order valence-electron chi connectivity index (χ0n) is 18.3. The van der Waals surface area contributed by atoms with Gasteiger partial charge in [0.25, 0.3) is 5.91 Å². The number of benzene rings is 2. The topological polar surface area (TPSA) is 65.8 Å². The first-order valence-electron chi connectivity index (χ1n) is 10.9. The summed E-state index contributed by atoms with van der Waals surface area (Å²) in [6.45, 7) is 3.86. The summed E-state index contributed by atoms with van der Waals surface area (Å²) >= 11 is 0. The number of aryl methyl sites for hydroxylation is 2. The van der Waals surface area contributed by atoms with E-state index in [4.69, 9.17) is 0 Å². The smallest absolute Gasteiger partial charge is 0.278 e. The molecule has 8 heteroatoms. The molecule has 0 fully saturated rings. The number of carbonyl (C=O) groups excluding carboxylic acids is 1. The Morgan fingerprint density at radius 2 is 1.52 bits per heavy atom. The van der Waals surface area contributed by atoms with Crippen molar-refractivity contribution in [2.75, 3.05) is 11.7 Å². The molecule has 0 saturated heterocycles. The van der Waals surface area contributed by atoms with Crippen LogP contribution >= 0.6 is 0 Å². The Hall–Kier alpha value is -3.68. The third-order valence-corrected chi connectivity index (χ3v) is 6.48. The molecule has 33 heavy (non-hydrogen) atoms. The molecule has 0 atom stereocenters. The Kier molecular flexibility index (Phi) is 4.96. The summed E-state index contributed by atoms with van der Waals surface area (Å²) in [6.07, 6.45) is 2.52. The van der Waals surface area contributed by atoms with Gasteiger partial charge in [0.2, 0.25) is 5.43 Å². The number of hydrogen-bond donors (Lipinski definition) is 1. The Bertz CT molecular complexity index is 1280. The summed E-state index contributed by atoms with van der Waals surface area (Å²) in [5.74, 6) is -1.79. The van der Waals surface area contributed by atoms with Crippen LogP contribution in [0.1, 0.15) is 52.6 Å². The molecule has 1 N–H and O–H groups in total. The minimum Gasteiger partial charge on any atom is -0.502 e. The average molecular weight is 451 g/mol. The van der Waals surface area contributed by atoms with E-state index in [2.05, 4.69) is 0 Å². The minimum absolute atomic E-state index is 0.126. The van der Waals surface area contributed by atoms with E-state index in [0.29, 0.717) is 12.8 Å². The number of nitrogens with zero attached hydrogens (tertiary/aromatic N) is 3. The van der Waals surface area contributed by atoms with Gasteiger partial charge in [-0.15, -0.1) is 0 Å². The molecule has 0 saturated carbocycles. The summed E-state index contributed by atoms with van der Waals surface area (Å²) in [5, 5.41) is 12.4. The van der Waals surface area contributed by atoms with Crippen LogP contribution in [0.4, 0.5) is 8.78 Å². The Labute approximate surface area is 189 Å². The molecule has 170 valence electrons. The normalized spacial score (nSPS) is 15.8. The van der Waals surface area contributed by atoms with Gasteiger partial charge in [0.05, 0.1) is 6.04 Å². The molecule has 1 aromatic heterocycles. The zero-order valence-corrected chi connectivity index (χ0v) is 18.3. The highest BCUT2D eigenvalue weighted by Gasteiger charge is 2.39. The first-order valence-corrected chi connectivity index (χ1v) is 10.9. The first-order chi connectivity index (χ1) is 15.8. The second kappa shape index (κ2) is 7.72. The van der Waals surface area contributed by atoms with Crippen molar-refractivity contribution in [1.29, 1.82) is 0 Å². The lowest BCUT2D eigenvalue weighted by Crippen LogP contribution is -2.57. The number of aromatic nitrogens is 1. The third kappa shape index (κ3) is 3.37. The van der Waals surface area contributed by atoms with Gasteiger partial charge in [-0.2, -0.15) is 0 Å². The molecule has 1 aliphatic carbocycles. The van der Waals surface area contributed by atoms with Gasteiger partial charge in [-0.05, 0) is 73.2 Å². The van der Waals surface area contributed by atoms with Gasteiger partial charge in [0, 0.05) is 18.3 Å². The molecule has 0 unspecified atom stereocenters. The van der Waals surface area contributed by atoms with Crippen molar-refractivity contribution in [2.24, 2.45) is 0 Å². The number of fused-ring (bicyclic) bond motifs is 3. The maximum absolute atomic E-state index is 14.1. The lowest BCUT2D eigenvalue weighted by atomic mass is 9.93. The highest BCUT2D eigenvalue weighted by Crippen LogP contribution is 2.38. The van der Waals surface area contributed by atoms with Gasteiger partial charge in [0.1, 0.15) is 18.3 Å². The predicted octanol–water partition coefficient (Wildman–Crippen LogP) is 3.48. The molecule has 0 bridgehead atoms. The van der Waals surface area contributed by atoms with Crippen molar-refractivity contribution in [3.8, 4) is 5.75 Å². The van der Waals surface area contributed by atoms with Gasteiger partial charge in [-0.1, -0.05) is 12.1 Å². The van der Waals surface area contributed by atoms with E-state index in [9.17, 15) is 23.5 Å². The van der Waals surface area contributed by atoms with E-state index < -0.39 is 23.1 Å². The lowest BCUT2D eigenvalue weighted by molar-refractivity contribution is 0.0621. The number of pyridine rings is 1. The molecule has 1 aliphatic heterocycles. The maximum Gasteiger partial charge on any atom is 0.278 e. The van der Waals surface area contributed by atoms with Crippen molar-refractivity contribution >= 4 is 5.91 Å². The fourth-order valence-electron chi connectivity index (χ4n) is 4.83. The monoisotopic (exact) mass is 451 g/mol. The SMILES string of the molecule is CC(C)N1CN(C2c3ccc(F)cc3CCc3cc(F)ccc32)n2ccc(=O)c(O)c2C1=O. The molecule has 3 aromatic rings. The number of carbonyl (C=O) groups is 1. The molecule has 1 amide bonds. The molecule has 6 nitrogen and oxygen atoms in total. The molecule has 5 rings (SSSR count). The van der Waals surface area contributed by atoms with Gasteiger partial charge in [-0.25, -0.2) is 8.78 Å². The molecule has 2 aromatic carbocycles. The minimum atomic E-state index is -0.647. The second-order valence-electron chi connectivity index (χ2n) is 8.76. The van der Waals surface area contributed by atoms with Crippen LogP contribution in [0.5, 0.6) is 5.75 Å². The Morgan fingerprint density at radius 1 is 0.939 bits per heavy atom. The van der Waals surface area contributed by atoms with Gasteiger partial charge in [0.15, 0.2) is 11.4 Å². The van der Waals surface area contributed by atoms with Gasteiger partial charge < -0.3 is 10.0 Å². The lowest BCUT2D eigenvalue weighted by Gasteiger charge is -2.45. The van der Waals surface area contributed by atoms with E-state index in [-0.39, 0.29) is 30.0 Å². The van der Waals surface area contributed by atoms with Gasteiger partial charge >= 0.3 is 0 Å². The predicted molar refractivity (Wildman–Crippen MR) is 119 cm³/mol. The average Bonchev–Trinajstić information content (AvgIpc) is 2.92. The van der Waals surface area contributed by atoms with Gasteiger partial charge in [-0.3, -0.25) is 19.3 Å². The van der Waals surface area contributed by atoms with E-state index in [1.54, 1.807) is 17.0 Å². The number of amides is 1. The van der Waals surface area contributed by atoms with Crippen molar-refractivity contribution < 1.29 is 18.7 Å². The number of hydrogen-bond acceptors (Lipinski definition) is 4. The Morgan fingerprint density at radius 3 is 2.06 bits per heavy atom. The highest BCUT2D eigenvalue weighted by atomic mass is 19.1. The molecule has 0 radical (unpaired) electrons. The standard InChI is InChI=1S/C25H23F2N3O3/c1-14(2)28-13-30(29-10-9-21(31)24(32)23(29)25(28)33)22-19-7-5-17(26)11-15(19)3-4-16-12-18(27)6-8-20(16)22/h5-12,14,22,32H,3-4,13H2,1-2H3. The summed E-state index contributed by atoms with van der Waals surface area (Å²) in [4.78, 5) is 26.9. The van der Waals surface area contributed by atoms with Crippen LogP contribution in [0, 0.1) is 11.6 Å². The van der Waals surface area contributed by atoms with E-state index in [1.165, 1.54) is 41.2 Å². The highest BCUT2D eigenvalue weighted by molar-refractivity contribution is 5.96. The van der Waals surface area contributed by atoms with E-state index in [1.807, 2.05) is 18.9 Å². The molecular formula is C25H23F2N3O3. The van der Waals surface area contributed by atoms with E-state index in [0.717, 1.165) is 22.3 Å². The number of halogens is 2. The second-order valence-corrected chi connectivity index (χ2v) is 8.76. The fourth-order valence-corrected chi connectivity index (χ4v) is 4.83. The van der Waals surface area contributed by atoms with Crippen LogP contribution in [0.25, 0.3) is 0 Å². The molecule has 2 heterocycles. The largest absolute Gasteiger partial charge is 0.502 e. The Balaban J connectivity index is 1.80. The zero-order chi connectivity index (χ0) is 23.4. The molecule has 0 spiro atoms. The van der Waals surface area contributed by atoms with Crippen molar-refractivity contribution in [2.45, 2.75) is 38.8 Å². The fraction of sp³-hybridized carbons (Fsp3) is 0.280. The summed E-state index contributed by atoms with van der Waals surface area (Å²) in [5.41, 5.74) is 2.45. The molecular weight excluding hydrogens is 428 g/mol. The number of aromatic hydroxyl groups is 1. The van der Waals surface area contributed by atoms with Crippen LogP contribution in [0.3, 0.4) is 0 Å². The summed E-state index contributed by atoms with van der Waals surface area (Å²) < 4.78 is 29.8. The van der Waals surface area contributed by atoms with Crippen LogP contribution in [0.2, 0.25) is 0 Å². The van der Waals surface area contributed by atoms with Crippen LogP contribution < -0.4 is 10.4 Å². The first kappa shape index (κ1) is 21.2. The quantitative estimate of drug-likeness (QED) is 0.648. The third-order valence-electron chi connectivity index (χ3n) is 6.48. The number of rotatable bonds is 2. The summed E-state index contributed by atoms with van der Waals surface area (Å²) in [6, 6.07) is 9.67. The maximum atomic E-state index is 14.1.